The second-order valence-corrected chi connectivity index (χ2v) is 5.56. The van der Waals surface area contributed by atoms with Gasteiger partial charge in [-0.3, -0.25) is 9.67 Å². The van der Waals surface area contributed by atoms with Crippen LogP contribution in [-0.4, -0.2) is 40.2 Å². The zero-order valence-corrected chi connectivity index (χ0v) is 13.1. The highest BCUT2D eigenvalue weighted by atomic mass is 16.6. The van der Waals surface area contributed by atoms with Crippen molar-refractivity contribution >= 4 is 6.09 Å². The molecule has 7 heteroatoms. The largest absolute Gasteiger partial charge is 0.446 e. The average molecular weight is 316 g/mol. The van der Waals surface area contributed by atoms with E-state index in [2.05, 4.69) is 15.4 Å². The third-order valence-electron chi connectivity index (χ3n) is 3.71. The molecule has 2 aromatic rings. The summed E-state index contributed by atoms with van der Waals surface area (Å²) in [6.07, 6.45) is 8.28. The maximum atomic E-state index is 11.8. The van der Waals surface area contributed by atoms with Gasteiger partial charge in [-0.25, -0.2) is 4.79 Å². The van der Waals surface area contributed by atoms with Gasteiger partial charge in [0.15, 0.2) is 0 Å². The molecule has 1 aliphatic heterocycles. The van der Waals surface area contributed by atoms with Crippen molar-refractivity contribution in [3.63, 3.8) is 0 Å². The summed E-state index contributed by atoms with van der Waals surface area (Å²) in [5, 5.41) is 6.92. The summed E-state index contributed by atoms with van der Waals surface area (Å²) in [4.78, 5) is 16.1. The van der Waals surface area contributed by atoms with E-state index in [0.29, 0.717) is 19.8 Å². The molecule has 2 aromatic heterocycles. The number of carbonyl (C=O) groups excluding carboxylic acids is 1. The Morgan fingerprint density at radius 1 is 1.35 bits per heavy atom. The van der Waals surface area contributed by atoms with E-state index in [1.165, 1.54) is 0 Å². The van der Waals surface area contributed by atoms with Crippen LogP contribution in [0.4, 0.5) is 4.79 Å². The molecule has 1 aliphatic rings. The first kappa shape index (κ1) is 15.5. The number of nitrogens with zero attached hydrogens (tertiary/aromatic N) is 3. The molecular weight excluding hydrogens is 296 g/mol. The smallest absolute Gasteiger partial charge is 0.407 e. The average Bonchev–Trinajstić information content (AvgIpc) is 3.01. The fraction of sp³-hybridized carbons (Fsp3) is 0.438. The lowest BCUT2D eigenvalue weighted by Gasteiger charge is -2.22. The molecule has 0 saturated carbocycles. The Morgan fingerprint density at radius 3 is 2.91 bits per heavy atom. The number of aryl methyl sites for hydroxylation is 1. The maximum Gasteiger partial charge on any atom is 0.407 e. The summed E-state index contributed by atoms with van der Waals surface area (Å²) < 4.78 is 12.3. The number of hydrogen-bond acceptors (Lipinski definition) is 5. The summed E-state index contributed by atoms with van der Waals surface area (Å²) in [6.45, 7) is 1.67. The summed E-state index contributed by atoms with van der Waals surface area (Å²) in [5.74, 6) is 0. The van der Waals surface area contributed by atoms with Gasteiger partial charge in [-0.05, 0) is 11.6 Å². The van der Waals surface area contributed by atoms with E-state index in [0.717, 1.165) is 29.5 Å². The zero-order valence-electron chi connectivity index (χ0n) is 13.1. The Labute approximate surface area is 134 Å². The fourth-order valence-corrected chi connectivity index (χ4v) is 2.47. The molecule has 3 heterocycles. The lowest BCUT2D eigenvalue weighted by molar-refractivity contribution is 0.00151. The van der Waals surface area contributed by atoms with Gasteiger partial charge in [0, 0.05) is 56.2 Å². The maximum absolute atomic E-state index is 11.8. The zero-order chi connectivity index (χ0) is 16.1. The first-order chi connectivity index (χ1) is 11.2. The topological polar surface area (TPSA) is 78.3 Å². The number of amides is 1. The number of rotatable bonds is 4. The van der Waals surface area contributed by atoms with Crippen molar-refractivity contribution in [2.24, 2.45) is 7.05 Å². The standard InChI is InChI=1S/C16H20N4O3/c1-20-11-14(10-19-20)13-6-12(7-17-9-13)8-18-16(21)23-15-2-4-22-5-3-15/h6-7,9-11,15H,2-5,8H2,1H3,(H,18,21). The Balaban J connectivity index is 1.54. The van der Waals surface area contributed by atoms with Crippen LogP contribution in [-0.2, 0) is 23.1 Å². The molecule has 3 rings (SSSR count). The van der Waals surface area contributed by atoms with Crippen molar-refractivity contribution in [2.75, 3.05) is 13.2 Å². The van der Waals surface area contributed by atoms with Gasteiger partial charge in [0.2, 0.25) is 0 Å². The van der Waals surface area contributed by atoms with Crippen molar-refractivity contribution in [1.29, 1.82) is 0 Å². The molecule has 0 radical (unpaired) electrons. The van der Waals surface area contributed by atoms with Gasteiger partial charge < -0.3 is 14.8 Å². The Morgan fingerprint density at radius 2 is 2.17 bits per heavy atom. The van der Waals surface area contributed by atoms with Crippen LogP contribution in [0.25, 0.3) is 11.1 Å². The first-order valence-electron chi connectivity index (χ1n) is 7.66. The lowest BCUT2D eigenvalue weighted by Crippen LogP contribution is -2.32. The first-order valence-corrected chi connectivity index (χ1v) is 7.66. The fourth-order valence-electron chi connectivity index (χ4n) is 2.47. The molecule has 0 bridgehead atoms. The van der Waals surface area contributed by atoms with E-state index < -0.39 is 6.09 Å². The van der Waals surface area contributed by atoms with E-state index in [4.69, 9.17) is 9.47 Å². The number of nitrogens with one attached hydrogen (secondary N) is 1. The Bertz CT molecular complexity index is 665. The molecule has 1 saturated heterocycles. The molecule has 1 fully saturated rings. The monoisotopic (exact) mass is 316 g/mol. The van der Waals surface area contributed by atoms with Gasteiger partial charge in [0.25, 0.3) is 0 Å². The number of alkyl carbamates (subject to hydrolysis) is 1. The molecule has 122 valence electrons. The number of pyridine rings is 1. The van der Waals surface area contributed by atoms with E-state index in [-0.39, 0.29) is 6.10 Å². The minimum atomic E-state index is -0.399. The van der Waals surface area contributed by atoms with E-state index >= 15 is 0 Å². The summed E-state index contributed by atoms with van der Waals surface area (Å²) in [5.41, 5.74) is 2.87. The van der Waals surface area contributed by atoms with Crippen LogP contribution in [0.2, 0.25) is 0 Å². The predicted molar refractivity (Wildman–Crippen MR) is 83.6 cm³/mol. The van der Waals surface area contributed by atoms with Crippen molar-refractivity contribution in [1.82, 2.24) is 20.1 Å². The molecule has 1 amide bonds. The van der Waals surface area contributed by atoms with Crippen LogP contribution in [0, 0.1) is 0 Å². The van der Waals surface area contributed by atoms with Gasteiger partial charge in [0.05, 0.1) is 19.4 Å². The van der Waals surface area contributed by atoms with Crippen LogP contribution >= 0.6 is 0 Å². The lowest BCUT2D eigenvalue weighted by atomic mass is 10.1. The number of carbonyl (C=O) groups is 1. The van der Waals surface area contributed by atoms with Crippen molar-refractivity contribution in [3.8, 4) is 11.1 Å². The Hall–Kier alpha value is -2.41. The van der Waals surface area contributed by atoms with Crippen LogP contribution in [0.5, 0.6) is 0 Å². The SMILES string of the molecule is Cn1cc(-c2cncc(CNC(=O)OC3CCOCC3)c2)cn1. The normalized spacial score (nSPS) is 15.3. The van der Waals surface area contributed by atoms with Crippen molar-refractivity contribution < 1.29 is 14.3 Å². The number of ether oxygens (including phenoxy) is 2. The molecule has 0 spiro atoms. The molecule has 1 N–H and O–H groups in total. The predicted octanol–water partition coefficient (Wildman–Crippen LogP) is 1.89. The van der Waals surface area contributed by atoms with Crippen LogP contribution in [0.1, 0.15) is 18.4 Å². The highest BCUT2D eigenvalue weighted by molar-refractivity contribution is 5.67. The molecule has 0 unspecified atom stereocenters. The van der Waals surface area contributed by atoms with Crippen molar-refractivity contribution in [3.05, 3.63) is 36.4 Å². The molecule has 0 aromatic carbocycles. The summed E-state index contributed by atoms with van der Waals surface area (Å²) in [6, 6.07) is 1.98. The third-order valence-corrected chi connectivity index (χ3v) is 3.71. The molecular formula is C16H20N4O3. The minimum absolute atomic E-state index is 0.0522. The van der Waals surface area contributed by atoms with Gasteiger partial charge in [0.1, 0.15) is 6.10 Å². The second kappa shape index (κ2) is 7.23. The van der Waals surface area contributed by atoms with Gasteiger partial charge in [-0.15, -0.1) is 0 Å². The van der Waals surface area contributed by atoms with E-state index in [1.807, 2.05) is 19.3 Å². The van der Waals surface area contributed by atoms with Crippen molar-refractivity contribution in [2.45, 2.75) is 25.5 Å². The summed E-state index contributed by atoms with van der Waals surface area (Å²) in [7, 11) is 1.87. The molecule has 23 heavy (non-hydrogen) atoms. The van der Waals surface area contributed by atoms with Crippen LogP contribution in [0.15, 0.2) is 30.9 Å². The van der Waals surface area contributed by atoms with Crippen LogP contribution < -0.4 is 5.32 Å². The second-order valence-electron chi connectivity index (χ2n) is 5.56. The van der Waals surface area contributed by atoms with E-state index in [9.17, 15) is 4.79 Å². The number of hydrogen-bond donors (Lipinski definition) is 1. The Kier molecular flexibility index (Phi) is 4.87. The van der Waals surface area contributed by atoms with Gasteiger partial charge in [-0.2, -0.15) is 5.10 Å². The van der Waals surface area contributed by atoms with Crippen LogP contribution in [0.3, 0.4) is 0 Å². The highest BCUT2D eigenvalue weighted by Gasteiger charge is 2.17. The molecule has 7 nitrogen and oxygen atoms in total. The minimum Gasteiger partial charge on any atom is -0.446 e. The molecule has 0 aliphatic carbocycles. The van der Waals surface area contributed by atoms with E-state index in [1.54, 1.807) is 23.3 Å². The third kappa shape index (κ3) is 4.29. The summed E-state index contributed by atoms with van der Waals surface area (Å²) >= 11 is 0. The van der Waals surface area contributed by atoms with Gasteiger partial charge in [-0.1, -0.05) is 0 Å². The highest BCUT2D eigenvalue weighted by Crippen LogP contribution is 2.18. The number of aromatic nitrogens is 3. The quantitative estimate of drug-likeness (QED) is 0.932. The van der Waals surface area contributed by atoms with Gasteiger partial charge >= 0.3 is 6.09 Å². The molecule has 0 atom stereocenters.